The van der Waals surface area contributed by atoms with E-state index in [0.717, 1.165) is 56.4 Å². The van der Waals surface area contributed by atoms with Gasteiger partial charge >= 0.3 is 0 Å². The summed E-state index contributed by atoms with van der Waals surface area (Å²) in [6.45, 7) is 24.1. The lowest BCUT2D eigenvalue weighted by molar-refractivity contribution is 0.475. The highest BCUT2D eigenvalue weighted by molar-refractivity contribution is 5.91. The van der Waals surface area contributed by atoms with Crippen molar-refractivity contribution >= 4 is 34.1 Å². The highest BCUT2D eigenvalue weighted by atomic mass is 16.3. The lowest BCUT2D eigenvalue weighted by Gasteiger charge is -2.29. The number of hydrogen-bond donors (Lipinski definition) is 2. The molecule has 0 spiro atoms. The molecule has 304 valence electrons. The van der Waals surface area contributed by atoms with Gasteiger partial charge in [-0.05, 0) is 130 Å². The molecule has 2 heterocycles. The molecule has 0 bridgehead atoms. The van der Waals surface area contributed by atoms with Crippen LogP contribution in [0.3, 0.4) is 0 Å². The number of hydrogen-bond acceptors (Lipinski definition) is 6. The second kappa shape index (κ2) is 15.7. The molecule has 0 atom stereocenters. The van der Waals surface area contributed by atoms with Crippen molar-refractivity contribution in [1.82, 2.24) is 0 Å². The minimum absolute atomic E-state index is 0.265. The summed E-state index contributed by atoms with van der Waals surface area (Å²) in [4.78, 5) is 9.40. The summed E-state index contributed by atoms with van der Waals surface area (Å²) in [6.07, 6.45) is 0. The Bertz CT molecular complexity index is 2310. The molecule has 0 aliphatic carbocycles. The van der Waals surface area contributed by atoms with Gasteiger partial charge in [-0.15, -0.1) is 0 Å². The van der Waals surface area contributed by atoms with E-state index >= 15 is 0 Å². The Morgan fingerprint density at radius 3 is 1.12 bits per heavy atom. The van der Waals surface area contributed by atoms with Gasteiger partial charge in [0, 0.05) is 0 Å². The van der Waals surface area contributed by atoms with Crippen molar-refractivity contribution in [2.24, 2.45) is 0 Å². The molecule has 0 fully saturated rings. The molecule has 0 aromatic heterocycles. The van der Waals surface area contributed by atoms with E-state index in [1.165, 1.54) is 33.4 Å². The molecule has 2 aliphatic heterocycles. The van der Waals surface area contributed by atoms with Gasteiger partial charge in [0.25, 0.3) is 0 Å². The van der Waals surface area contributed by atoms with Crippen LogP contribution in [0.15, 0.2) is 109 Å². The molecule has 0 saturated carbocycles. The zero-order valence-electron chi connectivity index (χ0n) is 36.5. The van der Waals surface area contributed by atoms with Crippen LogP contribution < -0.4 is 19.6 Å². The van der Waals surface area contributed by atoms with Crippen molar-refractivity contribution in [2.75, 3.05) is 39.6 Å². The summed E-state index contributed by atoms with van der Waals surface area (Å²) in [6, 6.07) is 38.6. The normalized spacial score (nSPS) is 13.8. The lowest BCUT2D eigenvalue weighted by atomic mass is 9.85. The third-order valence-electron chi connectivity index (χ3n) is 12.5. The summed E-state index contributed by atoms with van der Waals surface area (Å²) in [7, 11) is 0. The van der Waals surface area contributed by atoms with E-state index in [9.17, 15) is 10.2 Å². The average molecular weight is 785 g/mol. The number of phenols is 2. The number of aryl methyl sites for hydroxylation is 2. The molecule has 59 heavy (non-hydrogen) atoms. The standard InChI is InChI=1S/C53H60N4O2/c1-32(2)40-17-13-18-41(33(3)4)50(40)38-23-25-48(58)46(27-38)56-30-54(44-21-11-15-36(9)52(44)56)29-55-31-57(53-37(10)16-12-22-45(53)55)47-28-39(24-26-49(47)59)51-42(34(5)6)19-14-20-43(51)35(7)8/h11-28,32-35,58-59H,29-31H2,1-10H3. The van der Waals surface area contributed by atoms with Crippen LogP contribution in [0.5, 0.6) is 11.5 Å². The van der Waals surface area contributed by atoms with Gasteiger partial charge in [-0.25, -0.2) is 0 Å². The summed E-state index contributed by atoms with van der Waals surface area (Å²) in [5.74, 6) is 1.96. The molecule has 8 rings (SSSR count). The van der Waals surface area contributed by atoms with Crippen molar-refractivity contribution in [3.63, 3.8) is 0 Å². The van der Waals surface area contributed by atoms with Gasteiger partial charge in [0.2, 0.25) is 0 Å². The Balaban J connectivity index is 1.17. The number of benzene rings is 6. The van der Waals surface area contributed by atoms with E-state index in [0.29, 0.717) is 43.7 Å². The Morgan fingerprint density at radius 1 is 0.441 bits per heavy atom. The SMILES string of the molecule is Cc1cccc2c1N(c1cc(-c3c(C(C)C)cccc3C(C)C)ccc1O)CN2CN1CN(c2cc(-c3c(C(C)C)cccc3C(C)C)ccc2O)c2c(C)cccc21. The lowest BCUT2D eigenvalue weighted by Crippen LogP contribution is -2.40. The molecule has 0 radical (unpaired) electrons. The third kappa shape index (κ3) is 7.07. The van der Waals surface area contributed by atoms with E-state index in [1.807, 2.05) is 12.1 Å². The fraction of sp³-hybridized carbons (Fsp3) is 0.321. The topological polar surface area (TPSA) is 53.4 Å². The second-order valence-corrected chi connectivity index (χ2v) is 17.9. The van der Waals surface area contributed by atoms with Crippen LogP contribution >= 0.6 is 0 Å². The van der Waals surface area contributed by atoms with Gasteiger partial charge in [-0.3, -0.25) is 0 Å². The number of rotatable bonds is 10. The average Bonchev–Trinajstić information content (AvgIpc) is 3.77. The summed E-state index contributed by atoms with van der Waals surface area (Å²) in [5.41, 5.74) is 18.5. The first-order chi connectivity index (χ1) is 28.2. The first kappa shape index (κ1) is 39.9. The van der Waals surface area contributed by atoms with Gasteiger partial charge in [-0.2, -0.15) is 0 Å². The van der Waals surface area contributed by atoms with Crippen LogP contribution in [0.25, 0.3) is 22.3 Å². The van der Waals surface area contributed by atoms with Gasteiger partial charge < -0.3 is 29.8 Å². The van der Waals surface area contributed by atoms with Crippen molar-refractivity contribution in [1.29, 1.82) is 0 Å². The maximum absolute atomic E-state index is 11.6. The zero-order chi connectivity index (χ0) is 41.9. The molecule has 6 heteroatoms. The highest BCUT2D eigenvalue weighted by Crippen LogP contribution is 2.51. The molecular formula is C53H60N4O2. The van der Waals surface area contributed by atoms with E-state index in [-0.39, 0.29) is 11.5 Å². The van der Waals surface area contributed by atoms with Gasteiger partial charge in [0.15, 0.2) is 0 Å². The van der Waals surface area contributed by atoms with E-state index in [2.05, 4.69) is 186 Å². The Morgan fingerprint density at radius 2 is 0.780 bits per heavy atom. The second-order valence-electron chi connectivity index (χ2n) is 17.9. The molecule has 6 nitrogen and oxygen atoms in total. The monoisotopic (exact) mass is 784 g/mol. The molecule has 2 N–H and O–H groups in total. The molecule has 0 amide bonds. The predicted molar refractivity (Wildman–Crippen MR) is 250 cm³/mol. The summed E-state index contributed by atoms with van der Waals surface area (Å²) < 4.78 is 0. The fourth-order valence-corrected chi connectivity index (χ4v) is 9.53. The Hall–Kier alpha value is -5.88. The van der Waals surface area contributed by atoms with Crippen LogP contribution in [-0.4, -0.2) is 30.2 Å². The smallest absolute Gasteiger partial charge is 0.139 e. The van der Waals surface area contributed by atoms with Gasteiger partial charge in [0.1, 0.15) is 11.5 Å². The first-order valence-electron chi connectivity index (χ1n) is 21.4. The van der Waals surface area contributed by atoms with Crippen LogP contribution in [0.2, 0.25) is 0 Å². The van der Waals surface area contributed by atoms with Crippen LogP contribution in [0.1, 0.15) is 112 Å². The molecule has 6 aromatic carbocycles. The van der Waals surface area contributed by atoms with E-state index in [4.69, 9.17) is 0 Å². The Labute approximate surface area is 352 Å². The van der Waals surface area contributed by atoms with Crippen molar-refractivity contribution in [2.45, 2.75) is 92.9 Å². The zero-order valence-corrected chi connectivity index (χ0v) is 36.5. The number of fused-ring (bicyclic) bond motifs is 2. The molecular weight excluding hydrogens is 725 g/mol. The predicted octanol–water partition coefficient (Wildman–Crippen LogP) is 14.0. The molecule has 0 unspecified atom stereocenters. The first-order valence-corrected chi connectivity index (χ1v) is 21.4. The van der Waals surface area contributed by atoms with E-state index in [1.54, 1.807) is 0 Å². The van der Waals surface area contributed by atoms with Gasteiger partial charge in [-0.1, -0.05) is 128 Å². The molecule has 0 saturated heterocycles. The number of anilines is 6. The van der Waals surface area contributed by atoms with Crippen LogP contribution in [-0.2, 0) is 0 Å². The van der Waals surface area contributed by atoms with Crippen molar-refractivity contribution in [3.8, 4) is 33.8 Å². The Kier molecular flexibility index (Phi) is 10.6. The third-order valence-corrected chi connectivity index (χ3v) is 12.5. The molecule has 6 aromatic rings. The minimum atomic E-state index is 0.265. The number of para-hydroxylation sites is 2. The van der Waals surface area contributed by atoms with Crippen molar-refractivity contribution < 1.29 is 10.2 Å². The largest absolute Gasteiger partial charge is 0.506 e. The maximum atomic E-state index is 11.6. The molecule has 2 aliphatic rings. The van der Waals surface area contributed by atoms with Crippen molar-refractivity contribution in [3.05, 3.63) is 143 Å². The minimum Gasteiger partial charge on any atom is -0.506 e. The highest BCUT2D eigenvalue weighted by Gasteiger charge is 2.36. The van der Waals surface area contributed by atoms with Crippen LogP contribution in [0.4, 0.5) is 34.1 Å². The van der Waals surface area contributed by atoms with E-state index < -0.39 is 0 Å². The number of nitrogens with zero attached hydrogens (tertiary/aromatic N) is 4. The summed E-state index contributed by atoms with van der Waals surface area (Å²) >= 11 is 0. The maximum Gasteiger partial charge on any atom is 0.139 e. The quantitative estimate of drug-likeness (QED) is 0.144. The summed E-state index contributed by atoms with van der Waals surface area (Å²) in [5, 5.41) is 23.3. The van der Waals surface area contributed by atoms with Gasteiger partial charge in [0.05, 0.1) is 54.1 Å². The fourth-order valence-electron chi connectivity index (χ4n) is 9.53. The number of aromatic hydroxyl groups is 2. The number of phenolic OH excluding ortho intramolecular Hbond substituents is 2. The van der Waals surface area contributed by atoms with Crippen LogP contribution in [0, 0.1) is 13.8 Å².